The monoisotopic (exact) mass is 296 g/mol. The average molecular weight is 296 g/mol. The van der Waals surface area contributed by atoms with Crippen LogP contribution < -0.4 is 11.2 Å². The van der Waals surface area contributed by atoms with Gasteiger partial charge in [0.15, 0.2) is 0 Å². The largest absolute Gasteiger partial charge is 0.415 e. The number of nitrogens with zero attached hydrogens (tertiary/aromatic N) is 1. The summed E-state index contributed by atoms with van der Waals surface area (Å²) in [6, 6.07) is 0. The molecule has 112 valence electrons. The molecule has 1 saturated heterocycles. The molecule has 0 spiro atoms. The maximum absolute atomic E-state index is 13.8. The minimum absolute atomic E-state index is 0.0646. The predicted octanol–water partition coefficient (Wildman–Crippen LogP) is -0.624. The van der Waals surface area contributed by atoms with Crippen LogP contribution in [0.2, 0.25) is 0 Å². The standard InChI is InChI=1S/C10H11F3N2O5/c1-4-3-15(8(18)14-7(4)17)6-2-5(16)9(11,20-6)10(12,13)19/h3,5-6,16,19H,2H2,1H3,(H,14,17,18)/t5-,6+,9-/m0/s1. The molecule has 7 nitrogen and oxygen atoms in total. The zero-order chi connectivity index (χ0) is 15.3. The highest BCUT2D eigenvalue weighted by molar-refractivity contribution is 5.03. The predicted molar refractivity (Wildman–Crippen MR) is 57.8 cm³/mol. The highest BCUT2D eigenvalue weighted by Gasteiger charge is 2.66. The third-order valence-electron chi connectivity index (χ3n) is 3.03. The van der Waals surface area contributed by atoms with Crippen LogP contribution in [0, 0.1) is 6.92 Å². The smallest absolute Gasteiger partial charge is 0.387 e. The van der Waals surface area contributed by atoms with E-state index in [9.17, 15) is 27.9 Å². The Bertz CT molecular complexity index is 637. The Balaban J connectivity index is 2.41. The van der Waals surface area contributed by atoms with Crippen molar-refractivity contribution < 1.29 is 28.1 Å². The fraction of sp³-hybridized carbons (Fsp3) is 0.600. The number of aryl methyl sites for hydroxylation is 1. The summed E-state index contributed by atoms with van der Waals surface area (Å²) < 4.78 is 44.3. The second-order valence-electron chi connectivity index (χ2n) is 4.49. The summed E-state index contributed by atoms with van der Waals surface area (Å²) >= 11 is 0. The molecule has 2 heterocycles. The average Bonchev–Trinajstić information content (AvgIpc) is 2.61. The van der Waals surface area contributed by atoms with Gasteiger partial charge in [-0.05, 0) is 6.92 Å². The van der Waals surface area contributed by atoms with Crippen LogP contribution in [0.1, 0.15) is 18.2 Å². The van der Waals surface area contributed by atoms with Crippen LogP contribution in [0.4, 0.5) is 13.2 Å². The van der Waals surface area contributed by atoms with Crippen LogP contribution in [0.15, 0.2) is 15.8 Å². The summed E-state index contributed by atoms with van der Waals surface area (Å²) in [5.74, 6) is -4.03. The molecule has 0 bridgehead atoms. The molecule has 1 fully saturated rings. The lowest BCUT2D eigenvalue weighted by molar-refractivity contribution is -0.380. The second-order valence-corrected chi connectivity index (χ2v) is 4.49. The van der Waals surface area contributed by atoms with Crippen molar-refractivity contribution in [2.24, 2.45) is 0 Å². The zero-order valence-corrected chi connectivity index (χ0v) is 10.1. The summed E-state index contributed by atoms with van der Waals surface area (Å²) in [5.41, 5.74) is -1.64. The quantitative estimate of drug-likeness (QED) is 0.674. The van der Waals surface area contributed by atoms with Gasteiger partial charge in [0.25, 0.3) is 5.56 Å². The Morgan fingerprint density at radius 2 is 2.15 bits per heavy atom. The Kier molecular flexibility index (Phi) is 3.27. The van der Waals surface area contributed by atoms with E-state index in [0.29, 0.717) is 4.57 Å². The van der Waals surface area contributed by atoms with Gasteiger partial charge in [0.1, 0.15) is 12.3 Å². The van der Waals surface area contributed by atoms with Crippen molar-refractivity contribution >= 4 is 0 Å². The molecule has 0 aromatic carbocycles. The minimum atomic E-state index is -4.94. The lowest BCUT2D eigenvalue weighted by Gasteiger charge is -2.27. The number of alkyl halides is 3. The molecule has 3 N–H and O–H groups in total. The number of ether oxygens (including phenoxy) is 1. The number of H-pyrrole nitrogens is 1. The fourth-order valence-electron chi connectivity index (χ4n) is 1.91. The number of aliphatic hydroxyl groups excluding tert-OH is 1. The van der Waals surface area contributed by atoms with Gasteiger partial charge < -0.3 is 14.9 Å². The van der Waals surface area contributed by atoms with Gasteiger partial charge in [-0.15, -0.1) is 0 Å². The van der Waals surface area contributed by atoms with E-state index < -0.39 is 42.0 Å². The maximum atomic E-state index is 13.8. The topological polar surface area (TPSA) is 105 Å². The van der Waals surface area contributed by atoms with Gasteiger partial charge in [0.05, 0.1) is 0 Å². The molecule has 10 heteroatoms. The molecular formula is C10H11F3N2O5. The second kappa shape index (κ2) is 4.43. The van der Waals surface area contributed by atoms with Crippen LogP contribution in [0.5, 0.6) is 0 Å². The highest BCUT2D eigenvalue weighted by atomic mass is 19.3. The fourth-order valence-corrected chi connectivity index (χ4v) is 1.91. The minimum Gasteiger partial charge on any atom is -0.387 e. The first-order valence-electron chi connectivity index (χ1n) is 5.53. The van der Waals surface area contributed by atoms with Gasteiger partial charge in [0.2, 0.25) is 0 Å². The van der Waals surface area contributed by atoms with Crippen molar-refractivity contribution in [1.29, 1.82) is 0 Å². The van der Waals surface area contributed by atoms with Gasteiger partial charge in [0, 0.05) is 18.2 Å². The Labute approximate surface area is 109 Å². The van der Waals surface area contributed by atoms with Gasteiger partial charge in [-0.25, -0.2) is 4.79 Å². The Hall–Kier alpha value is -1.65. The molecule has 0 saturated carbocycles. The van der Waals surface area contributed by atoms with E-state index >= 15 is 0 Å². The number of hydrogen-bond acceptors (Lipinski definition) is 5. The SMILES string of the molecule is Cc1cn([C@H]2C[C@H](O)[C@@](F)(C(O)(F)F)O2)c(=O)[nH]c1=O. The van der Waals surface area contributed by atoms with Gasteiger partial charge in [-0.3, -0.25) is 14.3 Å². The summed E-state index contributed by atoms with van der Waals surface area (Å²) in [6.45, 7) is 1.34. The lowest BCUT2D eigenvalue weighted by Crippen LogP contribution is -2.51. The molecule has 1 aliphatic heterocycles. The lowest BCUT2D eigenvalue weighted by atomic mass is 10.1. The molecule has 0 unspecified atom stereocenters. The van der Waals surface area contributed by atoms with Gasteiger partial charge in [-0.2, -0.15) is 13.2 Å². The molecule has 0 radical (unpaired) electrons. The van der Waals surface area contributed by atoms with Crippen LogP contribution >= 0.6 is 0 Å². The number of aromatic amines is 1. The first-order valence-corrected chi connectivity index (χ1v) is 5.53. The zero-order valence-electron chi connectivity index (χ0n) is 10.1. The molecule has 1 aromatic heterocycles. The van der Waals surface area contributed by atoms with Gasteiger partial charge >= 0.3 is 17.7 Å². The van der Waals surface area contributed by atoms with E-state index in [-0.39, 0.29) is 5.56 Å². The highest BCUT2D eigenvalue weighted by Crippen LogP contribution is 2.45. The number of aromatic nitrogens is 2. The molecule has 1 aromatic rings. The van der Waals surface area contributed by atoms with Crippen molar-refractivity contribution in [2.75, 3.05) is 0 Å². The Morgan fingerprint density at radius 1 is 1.55 bits per heavy atom. The molecule has 1 aliphatic rings. The number of rotatable bonds is 2. The number of halogens is 3. The number of aliphatic hydroxyl groups is 2. The van der Waals surface area contributed by atoms with E-state index in [1.54, 1.807) is 0 Å². The third-order valence-corrected chi connectivity index (χ3v) is 3.03. The third kappa shape index (κ3) is 2.15. The summed E-state index contributed by atoms with van der Waals surface area (Å²) in [4.78, 5) is 24.6. The van der Waals surface area contributed by atoms with Gasteiger partial charge in [-0.1, -0.05) is 0 Å². The maximum Gasteiger partial charge on any atom is 0.415 e. The molecule has 0 amide bonds. The van der Waals surface area contributed by atoms with Crippen molar-refractivity contribution in [3.05, 3.63) is 32.6 Å². The van der Waals surface area contributed by atoms with Crippen LogP contribution in [-0.2, 0) is 4.74 Å². The van der Waals surface area contributed by atoms with E-state index in [4.69, 9.17) is 5.11 Å². The van der Waals surface area contributed by atoms with Crippen LogP contribution in [-0.4, -0.2) is 37.8 Å². The first kappa shape index (κ1) is 14.8. The first-order chi connectivity index (χ1) is 9.06. The van der Waals surface area contributed by atoms with E-state index in [0.717, 1.165) is 6.20 Å². The van der Waals surface area contributed by atoms with Crippen molar-refractivity contribution in [2.45, 2.75) is 37.6 Å². The van der Waals surface area contributed by atoms with Crippen molar-refractivity contribution in [3.63, 3.8) is 0 Å². The summed E-state index contributed by atoms with van der Waals surface area (Å²) in [6.07, 6.45) is -8.58. The summed E-state index contributed by atoms with van der Waals surface area (Å²) in [7, 11) is 0. The van der Waals surface area contributed by atoms with Crippen molar-refractivity contribution in [1.82, 2.24) is 9.55 Å². The number of nitrogens with one attached hydrogen (secondary N) is 1. The Morgan fingerprint density at radius 3 is 2.65 bits per heavy atom. The normalized spacial score (nSPS) is 30.7. The summed E-state index contributed by atoms with van der Waals surface area (Å²) in [5, 5.41) is 17.7. The number of hydrogen-bond donors (Lipinski definition) is 3. The van der Waals surface area contributed by atoms with E-state index in [2.05, 4.69) is 4.74 Å². The van der Waals surface area contributed by atoms with E-state index in [1.807, 2.05) is 4.98 Å². The molecule has 20 heavy (non-hydrogen) atoms. The van der Waals surface area contributed by atoms with Crippen molar-refractivity contribution in [3.8, 4) is 0 Å². The van der Waals surface area contributed by atoms with E-state index in [1.165, 1.54) is 6.92 Å². The molecule has 0 aliphatic carbocycles. The molecule has 3 atom stereocenters. The molecular weight excluding hydrogens is 285 g/mol. The van der Waals surface area contributed by atoms with Crippen LogP contribution in [0.25, 0.3) is 0 Å². The van der Waals surface area contributed by atoms with Crippen LogP contribution in [0.3, 0.4) is 0 Å². The molecule has 2 rings (SSSR count).